The first kappa shape index (κ1) is 27.6. The molecule has 1 fully saturated rings. The number of rotatable bonds is 7. The van der Waals surface area contributed by atoms with E-state index in [0.717, 1.165) is 25.1 Å². The SMILES string of the molecule is CC(C)(O)CNc1cc(F)c(-c2c(C#N)cc(N3CCC(N)CC3)nc2-c2ccc(C#N)c(F)c2)cc1C=N. The maximum atomic E-state index is 15.7. The van der Waals surface area contributed by atoms with Crippen molar-refractivity contribution >= 4 is 17.7 Å². The standard InChI is InChI=1S/C29H29F2N7O/c1-29(2,39)16-36-25-12-24(31)22(9-19(25)14-33)27-20(15-34)11-26(38-7-5-21(35)6-8-38)37-28(27)17-3-4-18(13-32)23(30)10-17/h3-4,9-12,14,21,33,36,39H,5-8,16,35H2,1-2H3. The van der Waals surface area contributed by atoms with Crippen molar-refractivity contribution in [3.63, 3.8) is 0 Å². The van der Waals surface area contributed by atoms with Gasteiger partial charge < -0.3 is 26.5 Å². The summed E-state index contributed by atoms with van der Waals surface area (Å²) in [4.78, 5) is 6.76. The molecule has 39 heavy (non-hydrogen) atoms. The van der Waals surface area contributed by atoms with E-state index >= 15 is 4.39 Å². The Kier molecular flexibility index (Phi) is 7.91. The van der Waals surface area contributed by atoms with Crippen molar-refractivity contribution < 1.29 is 13.9 Å². The van der Waals surface area contributed by atoms with E-state index in [9.17, 15) is 20.0 Å². The maximum Gasteiger partial charge on any atom is 0.141 e. The molecule has 1 aliphatic rings. The highest BCUT2D eigenvalue weighted by Crippen LogP contribution is 2.39. The van der Waals surface area contributed by atoms with Crippen LogP contribution in [0.2, 0.25) is 0 Å². The second-order valence-corrected chi connectivity index (χ2v) is 10.2. The minimum Gasteiger partial charge on any atom is -0.389 e. The summed E-state index contributed by atoms with van der Waals surface area (Å²) in [7, 11) is 0. The normalized spacial score (nSPS) is 14.0. The Hall–Kier alpha value is -4.38. The van der Waals surface area contributed by atoms with Gasteiger partial charge in [0.2, 0.25) is 0 Å². The van der Waals surface area contributed by atoms with Crippen LogP contribution < -0.4 is 16.0 Å². The van der Waals surface area contributed by atoms with Gasteiger partial charge in [-0.2, -0.15) is 10.5 Å². The number of anilines is 2. The van der Waals surface area contributed by atoms with E-state index in [1.54, 1.807) is 26.0 Å². The summed E-state index contributed by atoms with van der Waals surface area (Å²) in [5.74, 6) is -0.968. The summed E-state index contributed by atoms with van der Waals surface area (Å²) >= 11 is 0. The highest BCUT2D eigenvalue weighted by molar-refractivity contribution is 5.93. The van der Waals surface area contributed by atoms with Gasteiger partial charge in [-0.3, -0.25) is 0 Å². The number of nitrogens with two attached hydrogens (primary N) is 1. The molecule has 0 atom stereocenters. The van der Waals surface area contributed by atoms with Crippen molar-refractivity contribution in [2.75, 3.05) is 29.9 Å². The Morgan fingerprint density at radius 1 is 1.13 bits per heavy atom. The van der Waals surface area contributed by atoms with Crippen LogP contribution >= 0.6 is 0 Å². The van der Waals surface area contributed by atoms with Gasteiger partial charge in [0.25, 0.3) is 0 Å². The van der Waals surface area contributed by atoms with Crippen molar-refractivity contribution in [1.82, 2.24) is 4.98 Å². The Balaban J connectivity index is 1.94. The van der Waals surface area contributed by atoms with Crippen LogP contribution in [0.5, 0.6) is 0 Å². The van der Waals surface area contributed by atoms with Gasteiger partial charge in [-0.15, -0.1) is 0 Å². The summed E-state index contributed by atoms with van der Waals surface area (Å²) < 4.78 is 30.4. The lowest BCUT2D eigenvalue weighted by Crippen LogP contribution is -2.40. The van der Waals surface area contributed by atoms with Crippen LogP contribution in [0, 0.1) is 39.7 Å². The van der Waals surface area contributed by atoms with E-state index in [0.29, 0.717) is 30.2 Å². The molecule has 0 saturated carbocycles. The van der Waals surface area contributed by atoms with Gasteiger partial charge in [0.1, 0.15) is 23.5 Å². The van der Waals surface area contributed by atoms with Crippen molar-refractivity contribution in [2.24, 2.45) is 5.73 Å². The predicted octanol–water partition coefficient (Wildman–Crippen LogP) is 4.55. The van der Waals surface area contributed by atoms with Crippen LogP contribution in [0.25, 0.3) is 22.4 Å². The van der Waals surface area contributed by atoms with Gasteiger partial charge in [0.05, 0.1) is 28.5 Å². The fourth-order valence-corrected chi connectivity index (χ4v) is 4.51. The lowest BCUT2D eigenvalue weighted by atomic mass is 9.92. The zero-order valence-corrected chi connectivity index (χ0v) is 21.7. The molecule has 2 heterocycles. The Morgan fingerprint density at radius 2 is 1.82 bits per heavy atom. The van der Waals surface area contributed by atoms with Crippen molar-refractivity contribution in [1.29, 1.82) is 15.9 Å². The van der Waals surface area contributed by atoms with E-state index in [2.05, 4.69) is 11.4 Å². The van der Waals surface area contributed by atoms with Crippen LogP contribution in [-0.2, 0) is 0 Å². The third kappa shape index (κ3) is 6.04. The first-order chi connectivity index (χ1) is 18.5. The summed E-state index contributed by atoms with van der Waals surface area (Å²) in [5, 5.41) is 40.3. The molecule has 3 aromatic rings. The molecule has 1 aromatic heterocycles. The molecular formula is C29H29F2N7O. The topological polar surface area (TPSA) is 146 Å². The third-order valence-electron chi connectivity index (χ3n) is 6.63. The monoisotopic (exact) mass is 529 g/mol. The quantitative estimate of drug-likeness (QED) is 0.329. The fraction of sp³-hybridized carbons (Fsp3) is 0.310. The molecule has 1 saturated heterocycles. The highest BCUT2D eigenvalue weighted by Gasteiger charge is 2.25. The Morgan fingerprint density at radius 3 is 2.41 bits per heavy atom. The number of nitriles is 2. The second-order valence-electron chi connectivity index (χ2n) is 10.2. The van der Waals surface area contributed by atoms with E-state index in [4.69, 9.17) is 16.1 Å². The number of nitrogens with one attached hydrogen (secondary N) is 2. The molecule has 5 N–H and O–H groups in total. The minimum atomic E-state index is -1.08. The van der Waals surface area contributed by atoms with Crippen LogP contribution in [0.3, 0.4) is 0 Å². The van der Waals surface area contributed by atoms with Crippen molar-refractivity contribution in [2.45, 2.75) is 38.3 Å². The van der Waals surface area contributed by atoms with E-state index < -0.39 is 17.2 Å². The number of hydrogen-bond donors (Lipinski definition) is 4. The second kappa shape index (κ2) is 11.2. The Labute approximate surface area is 225 Å². The molecule has 0 bridgehead atoms. The van der Waals surface area contributed by atoms with Gasteiger partial charge in [-0.05, 0) is 57.0 Å². The summed E-state index contributed by atoms with van der Waals surface area (Å²) in [6.07, 6.45) is 2.52. The largest absolute Gasteiger partial charge is 0.389 e. The minimum absolute atomic E-state index is 0.0124. The number of benzene rings is 2. The number of piperidine rings is 1. The lowest BCUT2D eigenvalue weighted by molar-refractivity contribution is 0.0945. The fourth-order valence-electron chi connectivity index (χ4n) is 4.51. The highest BCUT2D eigenvalue weighted by atomic mass is 19.1. The van der Waals surface area contributed by atoms with Crippen LogP contribution in [0.1, 0.15) is 43.4 Å². The molecule has 0 radical (unpaired) electrons. The van der Waals surface area contributed by atoms with Gasteiger partial charge in [-0.25, -0.2) is 13.8 Å². The molecule has 200 valence electrons. The molecule has 0 unspecified atom stereocenters. The third-order valence-corrected chi connectivity index (χ3v) is 6.63. The van der Waals surface area contributed by atoms with Gasteiger partial charge in [0, 0.05) is 59.8 Å². The molecule has 0 amide bonds. The van der Waals surface area contributed by atoms with E-state index in [1.165, 1.54) is 24.3 Å². The zero-order valence-electron chi connectivity index (χ0n) is 21.7. The predicted molar refractivity (Wildman–Crippen MR) is 147 cm³/mol. The molecular weight excluding hydrogens is 500 g/mol. The first-order valence-corrected chi connectivity index (χ1v) is 12.5. The number of pyridine rings is 1. The molecule has 0 spiro atoms. The molecule has 8 nitrogen and oxygen atoms in total. The lowest BCUT2D eigenvalue weighted by Gasteiger charge is -2.32. The van der Waals surface area contributed by atoms with Crippen molar-refractivity contribution in [3.8, 4) is 34.5 Å². The summed E-state index contributed by atoms with van der Waals surface area (Å²) in [6.45, 7) is 4.54. The number of aliphatic hydroxyl groups is 1. The number of hydrogen-bond acceptors (Lipinski definition) is 8. The van der Waals surface area contributed by atoms with Crippen molar-refractivity contribution in [3.05, 3.63) is 64.7 Å². The summed E-state index contributed by atoms with van der Waals surface area (Å²) in [5.41, 5.74) is 6.18. The molecule has 10 heteroatoms. The van der Waals surface area contributed by atoms with E-state index in [1.807, 2.05) is 4.90 Å². The first-order valence-electron chi connectivity index (χ1n) is 12.5. The smallest absolute Gasteiger partial charge is 0.141 e. The molecule has 1 aliphatic heterocycles. The van der Waals surface area contributed by atoms with Crippen LogP contribution in [0.4, 0.5) is 20.3 Å². The average molecular weight is 530 g/mol. The van der Waals surface area contributed by atoms with Gasteiger partial charge in [0.15, 0.2) is 0 Å². The van der Waals surface area contributed by atoms with Gasteiger partial charge in [-0.1, -0.05) is 6.07 Å². The van der Waals surface area contributed by atoms with Crippen LogP contribution in [-0.4, -0.2) is 47.6 Å². The van der Waals surface area contributed by atoms with Gasteiger partial charge >= 0.3 is 0 Å². The Bertz CT molecular complexity index is 1490. The zero-order chi connectivity index (χ0) is 28.3. The van der Waals surface area contributed by atoms with E-state index in [-0.39, 0.29) is 46.1 Å². The molecule has 0 aliphatic carbocycles. The number of nitrogens with zero attached hydrogens (tertiary/aromatic N) is 4. The maximum absolute atomic E-state index is 15.7. The van der Waals surface area contributed by atoms with Crippen LogP contribution in [0.15, 0.2) is 36.4 Å². The average Bonchev–Trinajstić information content (AvgIpc) is 2.91. The summed E-state index contributed by atoms with van der Waals surface area (Å²) in [6, 6.07) is 12.2. The molecule has 2 aromatic carbocycles. The number of halogens is 2. The number of aromatic nitrogens is 1. The molecule has 4 rings (SSSR count).